The highest BCUT2D eigenvalue weighted by Crippen LogP contribution is 2.30. The van der Waals surface area contributed by atoms with E-state index in [-0.39, 0.29) is 0 Å². The predicted octanol–water partition coefficient (Wildman–Crippen LogP) is 0.114. The molecule has 0 aromatic rings. The van der Waals surface area contributed by atoms with E-state index in [4.69, 9.17) is 4.74 Å². The zero-order valence-corrected chi connectivity index (χ0v) is 10.7. The maximum absolute atomic E-state index is 11.3. The first-order chi connectivity index (χ1) is 8.03. The number of carboxylic acids is 1. The van der Waals surface area contributed by atoms with Gasteiger partial charge in [-0.25, -0.2) is 0 Å². The van der Waals surface area contributed by atoms with Gasteiger partial charge in [0.25, 0.3) is 0 Å². The first kappa shape index (κ1) is 12.8. The number of carbonyl (C=O) groups is 1. The molecule has 2 saturated heterocycles. The normalized spacial score (nSPS) is 25.8. The Kier molecular flexibility index (Phi) is 3.70. The Labute approximate surface area is 102 Å². The van der Waals surface area contributed by atoms with Crippen molar-refractivity contribution in [1.82, 2.24) is 9.80 Å². The van der Waals surface area contributed by atoms with Crippen molar-refractivity contribution in [3.8, 4) is 0 Å². The van der Waals surface area contributed by atoms with Crippen LogP contribution in [0.3, 0.4) is 0 Å². The summed E-state index contributed by atoms with van der Waals surface area (Å²) in [6.07, 6.45) is 2.26. The van der Waals surface area contributed by atoms with Gasteiger partial charge in [0.1, 0.15) is 5.41 Å². The molecule has 0 amide bonds. The van der Waals surface area contributed by atoms with Crippen molar-refractivity contribution in [2.75, 3.05) is 46.9 Å². The molecule has 1 N–H and O–H groups in total. The summed E-state index contributed by atoms with van der Waals surface area (Å²) in [5.74, 6) is -0.719. The lowest BCUT2D eigenvalue weighted by Crippen LogP contribution is -2.57. The molecule has 2 rings (SSSR count). The highest BCUT2D eigenvalue weighted by molar-refractivity contribution is 5.76. The summed E-state index contributed by atoms with van der Waals surface area (Å²) in [7, 11) is 4.17. The summed E-state index contributed by atoms with van der Waals surface area (Å²) in [6.45, 7) is 3.53. The summed E-state index contributed by atoms with van der Waals surface area (Å²) in [6, 6.07) is 0.517. The fourth-order valence-corrected chi connectivity index (χ4v) is 2.67. The van der Waals surface area contributed by atoms with Gasteiger partial charge in [0, 0.05) is 12.6 Å². The van der Waals surface area contributed by atoms with Gasteiger partial charge in [-0.3, -0.25) is 4.79 Å². The minimum Gasteiger partial charge on any atom is -0.481 e. The van der Waals surface area contributed by atoms with E-state index < -0.39 is 11.4 Å². The fraction of sp³-hybridized carbons (Fsp3) is 0.917. The van der Waals surface area contributed by atoms with Crippen LogP contribution < -0.4 is 0 Å². The average Bonchev–Trinajstić information content (AvgIpc) is 2.23. The van der Waals surface area contributed by atoms with Gasteiger partial charge < -0.3 is 19.6 Å². The lowest BCUT2D eigenvalue weighted by Gasteiger charge is -2.43. The molecule has 0 bridgehead atoms. The van der Waals surface area contributed by atoms with Crippen LogP contribution in [0.4, 0.5) is 0 Å². The van der Waals surface area contributed by atoms with Crippen LogP contribution in [0.5, 0.6) is 0 Å². The Bertz CT molecular complexity index is 283. The molecule has 0 aromatic heterocycles. The van der Waals surface area contributed by atoms with Crippen LogP contribution in [-0.4, -0.2) is 73.9 Å². The van der Waals surface area contributed by atoms with Gasteiger partial charge in [-0.05, 0) is 40.0 Å². The Morgan fingerprint density at radius 3 is 2.47 bits per heavy atom. The number of aliphatic carboxylic acids is 1. The summed E-state index contributed by atoms with van der Waals surface area (Å²) in [5, 5.41) is 9.26. The van der Waals surface area contributed by atoms with Crippen molar-refractivity contribution in [2.24, 2.45) is 5.41 Å². The molecule has 0 unspecified atom stereocenters. The van der Waals surface area contributed by atoms with Crippen molar-refractivity contribution in [3.05, 3.63) is 0 Å². The van der Waals surface area contributed by atoms with Crippen molar-refractivity contribution >= 4 is 5.97 Å². The highest BCUT2D eigenvalue weighted by Gasteiger charge is 2.47. The molecular weight excluding hydrogens is 220 g/mol. The fourth-order valence-electron chi connectivity index (χ4n) is 2.67. The minimum atomic E-state index is -0.719. The monoisotopic (exact) mass is 242 g/mol. The minimum absolute atomic E-state index is 0.360. The van der Waals surface area contributed by atoms with Crippen molar-refractivity contribution < 1.29 is 14.6 Å². The summed E-state index contributed by atoms with van der Waals surface area (Å²) in [4.78, 5) is 15.8. The first-order valence-electron chi connectivity index (χ1n) is 6.23. The van der Waals surface area contributed by atoms with Crippen LogP contribution in [0.25, 0.3) is 0 Å². The van der Waals surface area contributed by atoms with E-state index >= 15 is 0 Å². The molecule has 2 aliphatic rings. The standard InChI is InChI=1S/C12H22N2O3/c1-13-5-3-10(4-6-13)14(2)7-12(11(15)16)8-17-9-12/h10H,3-9H2,1-2H3,(H,15,16). The van der Waals surface area contributed by atoms with E-state index in [2.05, 4.69) is 16.8 Å². The number of hydrogen-bond donors (Lipinski definition) is 1. The number of nitrogens with zero attached hydrogens (tertiary/aromatic N) is 2. The summed E-state index contributed by atoms with van der Waals surface area (Å²) in [5.41, 5.74) is -0.655. The smallest absolute Gasteiger partial charge is 0.315 e. The van der Waals surface area contributed by atoms with Gasteiger partial charge in [-0.15, -0.1) is 0 Å². The summed E-state index contributed by atoms with van der Waals surface area (Å²) < 4.78 is 5.09. The first-order valence-corrected chi connectivity index (χ1v) is 6.23. The predicted molar refractivity (Wildman–Crippen MR) is 64.0 cm³/mol. The molecule has 0 aromatic carbocycles. The maximum Gasteiger partial charge on any atom is 0.315 e. The van der Waals surface area contributed by atoms with Gasteiger partial charge in [0.2, 0.25) is 0 Å². The second-order valence-corrected chi connectivity index (χ2v) is 5.53. The molecule has 5 nitrogen and oxygen atoms in total. The number of piperidine rings is 1. The van der Waals surface area contributed by atoms with E-state index in [1.54, 1.807) is 0 Å². The molecule has 2 heterocycles. The van der Waals surface area contributed by atoms with Crippen LogP contribution in [0, 0.1) is 5.41 Å². The number of ether oxygens (including phenoxy) is 1. The molecule has 5 heteroatoms. The van der Waals surface area contributed by atoms with Gasteiger partial charge >= 0.3 is 5.97 Å². The third-order valence-electron chi connectivity index (χ3n) is 4.07. The van der Waals surface area contributed by atoms with Gasteiger partial charge in [-0.1, -0.05) is 0 Å². The second-order valence-electron chi connectivity index (χ2n) is 5.53. The van der Waals surface area contributed by atoms with Crippen molar-refractivity contribution in [1.29, 1.82) is 0 Å². The Morgan fingerprint density at radius 1 is 1.47 bits per heavy atom. The Hall–Kier alpha value is -0.650. The third-order valence-corrected chi connectivity index (χ3v) is 4.07. The summed E-state index contributed by atoms with van der Waals surface area (Å²) >= 11 is 0. The molecule has 0 radical (unpaired) electrons. The quantitative estimate of drug-likeness (QED) is 0.758. The molecule has 0 spiro atoms. The molecule has 0 aliphatic carbocycles. The Balaban J connectivity index is 1.88. The average molecular weight is 242 g/mol. The van der Waals surface area contributed by atoms with E-state index in [1.165, 1.54) is 0 Å². The van der Waals surface area contributed by atoms with Crippen LogP contribution in [0.15, 0.2) is 0 Å². The third kappa shape index (κ3) is 2.61. The molecule has 0 saturated carbocycles. The zero-order chi connectivity index (χ0) is 12.5. The molecule has 17 heavy (non-hydrogen) atoms. The molecule has 2 aliphatic heterocycles. The number of likely N-dealkylation sites (tertiary alicyclic amines) is 1. The zero-order valence-electron chi connectivity index (χ0n) is 10.7. The lowest BCUT2D eigenvalue weighted by atomic mass is 9.84. The lowest BCUT2D eigenvalue weighted by molar-refractivity contribution is -0.184. The van der Waals surface area contributed by atoms with E-state index in [0.717, 1.165) is 25.9 Å². The van der Waals surface area contributed by atoms with Gasteiger partial charge in [0.15, 0.2) is 0 Å². The topological polar surface area (TPSA) is 53.0 Å². The van der Waals surface area contributed by atoms with Gasteiger partial charge in [0.05, 0.1) is 13.2 Å². The van der Waals surface area contributed by atoms with E-state index in [9.17, 15) is 9.90 Å². The van der Waals surface area contributed by atoms with Crippen LogP contribution >= 0.6 is 0 Å². The molecular formula is C12H22N2O3. The Morgan fingerprint density at radius 2 is 2.06 bits per heavy atom. The number of hydrogen-bond acceptors (Lipinski definition) is 4. The number of carboxylic acid groups (broad SMARTS) is 1. The van der Waals surface area contributed by atoms with E-state index in [0.29, 0.717) is 25.8 Å². The van der Waals surface area contributed by atoms with Crippen LogP contribution in [-0.2, 0) is 9.53 Å². The molecule has 2 fully saturated rings. The van der Waals surface area contributed by atoms with Gasteiger partial charge in [-0.2, -0.15) is 0 Å². The highest BCUT2D eigenvalue weighted by atomic mass is 16.5. The molecule has 98 valence electrons. The SMILES string of the molecule is CN1CCC(N(C)CC2(C(=O)O)COC2)CC1. The van der Waals surface area contributed by atoms with Crippen molar-refractivity contribution in [3.63, 3.8) is 0 Å². The number of rotatable bonds is 4. The van der Waals surface area contributed by atoms with Crippen LogP contribution in [0.1, 0.15) is 12.8 Å². The van der Waals surface area contributed by atoms with E-state index in [1.807, 2.05) is 7.05 Å². The van der Waals surface area contributed by atoms with Crippen molar-refractivity contribution in [2.45, 2.75) is 18.9 Å². The largest absolute Gasteiger partial charge is 0.481 e. The second kappa shape index (κ2) is 4.92. The van der Waals surface area contributed by atoms with Crippen LogP contribution in [0.2, 0.25) is 0 Å². The maximum atomic E-state index is 11.3. The molecule has 0 atom stereocenters.